The fourth-order valence-corrected chi connectivity index (χ4v) is 3.16. The molecule has 9 heteroatoms. The number of nitrogens with one attached hydrogen (secondary N) is 2. The van der Waals surface area contributed by atoms with Crippen LogP contribution in [0.3, 0.4) is 0 Å². The van der Waals surface area contributed by atoms with Gasteiger partial charge in [0.1, 0.15) is 0 Å². The molecule has 0 unspecified atom stereocenters. The first-order chi connectivity index (χ1) is 11.5. The van der Waals surface area contributed by atoms with Crippen LogP contribution in [0.25, 0.3) is 10.2 Å². The van der Waals surface area contributed by atoms with E-state index < -0.39 is 4.92 Å². The van der Waals surface area contributed by atoms with E-state index in [9.17, 15) is 14.9 Å². The number of nitrogens with zero attached hydrogens (tertiary/aromatic N) is 2. The minimum atomic E-state index is -0.447. The van der Waals surface area contributed by atoms with Crippen molar-refractivity contribution in [3.63, 3.8) is 0 Å². The highest BCUT2D eigenvalue weighted by molar-refractivity contribution is 9.10. The zero-order valence-corrected chi connectivity index (χ0v) is 14.6. The van der Waals surface area contributed by atoms with Gasteiger partial charge in [-0.05, 0) is 30.3 Å². The van der Waals surface area contributed by atoms with Gasteiger partial charge in [0.15, 0.2) is 5.13 Å². The second-order valence-electron chi connectivity index (χ2n) is 4.84. The number of carbonyl (C=O) groups excluding carboxylic acids is 1. The molecule has 0 radical (unpaired) electrons. The Morgan fingerprint density at radius 3 is 2.71 bits per heavy atom. The summed E-state index contributed by atoms with van der Waals surface area (Å²) in [5.41, 5.74) is 1.37. The maximum atomic E-state index is 11.9. The third kappa shape index (κ3) is 3.87. The van der Waals surface area contributed by atoms with E-state index in [4.69, 9.17) is 0 Å². The van der Waals surface area contributed by atoms with Gasteiger partial charge in [-0.25, -0.2) is 4.98 Å². The molecule has 0 atom stereocenters. The van der Waals surface area contributed by atoms with E-state index >= 15 is 0 Å². The molecule has 2 aromatic carbocycles. The number of nitro benzene ring substituents is 1. The fourth-order valence-electron chi connectivity index (χ4n) is 2.00. The third-order valence-electron chi connectivity index (χ3n) is 3.11. The molecule has 0 bridgehead atoms. The Kier molecular flexibility index (Phi) is 4.72. The molecule has 0 aliphatic heterocycles. The van der Waals surface area contributed by atoms with Gasteiger partial charge in [-0.1, -0.05) is 27.3 Å². The van der Waals surface area contributed by atoms with E-state index in [0.29, 0.717) is 21.0 Å². The molecule has 3 aromatic rings. The third-order valence-corrected chi connectivity index (χ3v) is 4.62. The molecule has 0 saturated heterocycles. The van der Waals surface area contributed by atoms with E-state index in [0.717, 1.165) is 4.47 Å². The number of rotatable bonds is 5. The SMILES string of the molecule is O=C(CNc1nc2ccc([N+](=O)[O-])cc2s1)Nc1ccc(Br)cc1. The van der Waals surface area contributed by atoms with Crippen LogP contribution in [0.5, 0.6) is 0 Å². The lowest BCUT2D eigenvalue weighted by Gasteiger charge is -2.05. The minimum Gasteiger partial charge on any atom is -0.352 e. The lowest BCUT2D eigenvalue weighted by atomic mass is 10.3. The van der Waals surface area contributed by atoms with E-state index in [-0.39, 0.29) is 18.1 Å². The summed E-state index contributed by atoms with van der Waals surface area (Å²) in [6.07, 6.45) is 0. The van der Waals surface area contributed by atoms with Crippen molar-refractivity contribution in [3.05, 3.63) is 57.1 Å². The Hall–Kier alpha value is -2.52. The molecular formula is C15H11BrN4O3S. The molecular weight excluding hydrogens is 396 g/mol. The molecule has 1 aromatic heterocycles. The number of hydrogen-bond acceptors (Lipinski definition) is 6. The molecule has 1 amide bonds. The van der Waals surface area contributed by atoms with Gasteiger partial charge in [-0.3, -0.25) is 14.9 Å². The number of aromatic nitrogens is 1. The summed E-state index contributed by atoms with van der Waals surface area (Å²) in [6, 6.07) is 11.7. The molecule has 0 aliphatic carbocycles. The largest absolute Gasteiger partial charge is 0.352 e. The molecule has 0 spiro atoms. The van der Waals surface area contributed by atoms with Crippen molar-refractivity contribution >= 4 is 59.9 Å². The van der Waals surface area contributed by atoms with Gasteiger partial charge in [0, 0.05) is 22.3 Å². The number of anilines is 2. The van der Waals surface area contributed by atoms with Crippen molar-refractivity contribution in [1.29, 1.82) is 0 Å². The first-order valence-electron chi connectivity index (χ1n) is 6.85. The molecule has 24 heavy (non-hydrogen) atoms. The lowest BCUT2D eigenvalue weighted by Crippen LogP contribution is -2.21. The van der Waals surface area contributed by atoms with Gasteiger partial charge in [0.25, 0.3) is 5.69 Å². The summed E-state index contributed by atoms with van der Waals surface area (Å²) in [4.78, 5) is 26.6. The first kappa shape index (κ1) is 16.3. The van der Waals surface area contributed by atoms with E-state index in [1.807, 2.05) is 12.1 Å². The summed E-state index contributed by atoms with van der Waals surface area (Å²) < 4.78 is 1.63. The van der Waals surface area contributed by atoms with Gasteiger partial charge in [0.05, 0.1) is 21.7 Å². The van der Waals surface area contributed by atoms with Crippen LogP contribution in [0, 0.1) is 10.1 Å². The zero-order valence-electron chi connectivity index (χ0n) is 12.2. The van der Waals surface area contributed by atoms with Crippen LogP contribution in [0.4, 0.5) is 16.5 Å². The number of amides is 1. The van der Waals surface area contributed by atoms with Crippen molar-refractivity contribution in [2.45, 2.75) is 0 Å². The van der Waals surface area contributed by atoms with Gasteiger partial charge in [0.2, 0.25) is 5.91 Å². The monoisotopic (exact) mass is 406 g/mol. The van der Waals surface area contributed by atoms with E-state index in [1.54, 1.807) is 18.2 Å². The summed E-state index contributed by atoms with van der Waals surface area (Å²) in [5.74, 6) is -0.206. The summed E-state index contributed by atoms with van der Waals surface area (Å²) in [5, 5.41) is 17.0. The number of thiazole rings is 1. The highest BCUT2D eigenvalue weighted by atomic mass is 79.9. The predicted molar refractivity (Wildman–Crippen MR) is 97.5 cm³/mol. The highest BCUT2D eigenvalue weighted by Crippen LogP contribution is 2.29. The van der Waals surface area contributed by atoms with Crippen LogP contribution >= 0.6 is 27.3 Å². The first-order valence-corrected chi connectivity index (χ1v) is 8.46. The van der Waals surface area contributed by atoms with Crippen molar-refractivity contribution in [2.24, 2.45) is 0 Å². The standard InChI is InChI=1S/C15H11BrN4O3S/c16-9-1-3-10(4-2-9)18-14(21)8-17-15-19-12-6-5-11(20(22)23)7-13(12)24-15/h1-7H,8H2,(H,17,19)(H,18,21). The van der Waals surface area contributed by atoms with Crippen LogP contribution in [0.2, 0.25) is 0 Å². The number of halogens is 1. The number of non-ortho nitro benzene ring substituents is 1. The number of nitro groups is 1. The smallest absolute Gasteiger partial charge is 0.270 e. The minimum absolute atomic E-state index is 0.0191. The highest BCUT2D eigenvalue weighted by Gasteiger charge is 2.11. The van der Waals surface area contributed by atoms with Crippen LogP contribution in [0.1, 0.15) is 0 Å². The second-order valence-corrected chi connectivity index (χ2v) is 6.78. The summed E-state index contributed by atoms with van der Waals surface area (Å²) >= 11 is 4.60. The average Bonchev–Trinajstić information content (AvgIpc) is 2.97. The number of carbonyl (C=O) groups is 1. The van der Waals surface area contributed by atoms with Crippen molar-refractivity contribution in [2.75, 3.05) is 17.2 Å². The number of hydrogen-bond donors (Lipinski definition) is 2. The quantitative estimate of drug-likeness (QED) is 0.492. The average molecular weight is 407 g/mol. The predicted octanol–water partition coefficient (Wildman–Crippen LogP) is 4.02. The maximum absolute atomic E-state index is 11.9. The summed E-state index contributed by atoms with van der Waals surface area (Å²) in [7, 11) is 0. The molecule has 0 saturated carbocycles. The maximum Gasteiger partial charge on any atom is 0.270 e. The van der Waals surface area contributed by atoms with Gasteiger partial charge < -0.3 is 10.6 Å². The normalized spacial score (nSPS) is 10.5. The Morgan fingerprint density at radius 2 is 2.00 bits per heavy atom. The molecule has 0 aliphatic rings. The fraction of sp³-hybridized carbons (Fsp3) is 0.0667. The van der Waals surface area contributed by atoms with Gasteiger partial charge >= 0.3 is 0 Å². The number of fused-ring (bicyclic) bond motifs is 1. The molecule has 0 fully saturated rings. The van der Waals surface area contributed by atoms with Gasteiger partial charge in [-0.15, -0.1) is 0 Å². The molecule has 7 nitrogen and oxygen atoms in total. The van der Waals surface area contributed by atoms with E-state index in [2.05, 4.69) is 31.5 Å². The van der Waals surface area contributed by atoms with Crippen molar-refractivity contribution in [3.8, 4) is 0 Å². The Labute approximate surface area is 149 Å². The van der Waals surface area contributed by atoms with Crippen LogP contribution < -0.4 is 10.6 Å². The molecule has 1 heterocycles. The second kappa shape index (κ2) is 6.93. The Bertz CT molecular complexity index is 911. The topological polar surface area (TPSA) is 97.2 Å². The molecule has 3 rings (SSSR count). The van der Waals surface area contributed by atoms with Gasteiger partial charge in [-0.2, -0.15) is 0 Å². The summed E-state index contributed by atoms with van der Waals surface area (Å²) in [6.45, 7) is 0.0536. The van der Waals surface area contributed by atoms with Crippen LogP contribution in [-0.4, -0.2) is 22.4 Å². The Morgan fingerprint density at radius 1 is 1.25 bits per heavy atom. The van der Waals surface area contributed by atoms with Crippen LogP contribution in [-0.2, 0) is 4.79 Å². The Balaban J connectivity index is 1.63. The van der Waals surface area contributed by atoms with Crippen LogP contribution in [0.15, 0.2) is 46.9 Å². The number of benzene rings is 2. The zero-order chi connectivity index (χ0) is 17.1. The lowest BCUT2D eigenvalue weighted by molar-refractivity contribution is -0.384. The molecule has 122 valence electrons. The molecule has 2 N–H and O–H groups in total. The van der Waals surface area contributed by atoms with E-state index in [1.165, 1.54) is 23.5 Å². The van der Waals surface area contributed by atoms with Crippen molar-refractivity contribution in [1.82, 2.24) is 4.98 Å². The van der Waals surface area contributed by atoms with Crippen molar-refractivity contribution < 1.29 is 9.72 Å².